The number of nitrogens with zero attached hydrogens (tertiary/aromatic N) is 1. The fraction of sp³-hybridized carbons (Fsp3) is 0.650. The monoisotopic (exact) mass is 399 g/mol. The summed E-state index contributed by atoms with van der Waals surface area (Å²) < 4.78 is 11.0. The quantitative estimate of drug-likeness (QED) is 0.560. The van der Waals surface area contributed by atoms with E-state index in [1.165, 1.54) is 0 Å². The molecule has 2 N–H and O–H groups in total. The van der Waals surface area contributed by atoms with Crippen LogP contribution in [0.2, 0.25) is 5.02 Å². The van der Waals surface area contributed by atoms with Gasteiger partial charge in [0, 0.05) is 36.3 Å². The molecule has 0 heterocycles. The van der Waals surface area contributed by atoms with Gasteiger partial charge in [-0.3, -0.25) is 4.79 Å². The van der Waals surface area contributed by atoms with Crippen LogP contribution in [0.4, 0.5) is 0 Å². The Morgan fingerprint density at radius 2 is 1.85 bits per heavy atom. The van der Waals surface area contributed by atoms with E-state index in [0.717, 1.165) is 31.7 Å². The number of benzene rings is 1. The van der Waals surface area contributed by atoms with Crippen LogP contribution in [0.1, 0.15) is 40.2 Å². The van der Waals surface area contributed by atoms with E-state index in [0.29, 0.717) is 23.1 Å². The summed E-state index contributed by atoms with van der Waals surface area (Å²) in [5, 5.41) is 6.84. The fourth-order valence-corrected chi connectivity index (χ4v) is 2.80. The topological polar surface area (TPSA) is 62.8 Å². The van der Waals surface area contributed by atoms with E-state index < -0.39 is 0 Å². The van der Waals surface area contributed by atoms with Gasteiger partial charge < -0.3 is 25.0 Å². The van der Waals surface area contributed by atoms with Crippen molar-refractivity contribution in [1.82, 2.24) is 15.5 Å². The Morgan fingerprint density at radius 3 is 2.41 bits per heavy atom. The number of hydrogen-bond acceptors (Lipinski definition) is 5. The van der Waals surface area contributed by atoms with Gasteiger partial charge in [-0.15, -0.1) is 0 Å². The van der Waals surface area contributed by atoms with Crippen molar-refractivity contribution in [2.75, 3.05) is 39.9 Å². The maximum atomic E-state index is 11.9. The molecule has 0 aliphatic heterocycles. The average Bonchev–Trinajstić information content (AvgIpc) is 2.59. The fourth-order valence-electron chi connectivity index (χ4n) is 2.58. The molecule has 1 amide bonds. The van der Waals surface area contributed by atoms with Crippen molar-refractivity contribution in [1.29, 1.82) is 0 Å². The molecule has 0 atom stereocenters. The summed E-state index contributed by atoms with van der Waals surface area (Å²) in [5.41, 5.74) is 0.627. The largest absolute Gasteiger partial charge is 0.493 e. The van der Waals surface area contributed by atoms with Crippen LogP contribution in [-0.2, 0) is 11.3 Å². The van der Waals surface area contributed by atoms with Crippen molar-refractivity contribution in [3.05, 3.63) is 22.7 Å². The molecule has 0 spiro atoms. The minimum Gasteiger partial charge on any atom is -0.493 e. The lowest BCUT2D eigenvalue weighted by Gasteiger charge is -2.21. The van der Waals surface area contributed by atoms with Crippen LogP contribution in [0.25, 0.3) is 0 Å². The second kappa shape index (κ2) is 11.4. The summed E-state index contributed by atoms with van der Waals surface area (Å²) in [6.07, 6.45) is 0. The summed E-state index contributed by atoms with van der Waals surface area (Å²) >= 11 is 6.39. The molecule has 0 fully saturated rings. The number of likely N-dealkylation sites (N-methyl/N-ethyl adjacent to an activating group) is 1. The van der Waals surface area contributed by atoms with Crippen LogP contribution in [-0.4, -0.2) is 56.2 Å². The number of rotatable bonds is 11. The normalized spacial score (nSPS) is 11.6. The number of carbonyl (C=O) groups is 1. The highest BCUT2D eigenvalue weighted by Crippen LogP contribution is 2.33. The van der Waals surface area contributed by atoms with Crippen molar-refractivity contribution in [2.45, 2.75) is 46.7 Å². The molecule has 0 aliphatic carbocycles. The van der Waals surface area contributed by atoms with Crippen LogP contribution in [0.15, 0.2) is 12.1 Å². The molecule has 0 saturated heterocycles. The van der Waals surface area contributed by atoms with E-state index >= 15 is 0 Å². The molecular formula is C20H34ClN3O3. The number of ether oxygens (including phenoxy) is 2. The van der Waals surface area contributed by atoms with Gasteiger partial charge in [-0.05, 0) is 45.5 Å². The predicted molar refractivity (Wildman–Crippen MR) is 111 cm³/mol. The van der Waals surface area contributed by atoms with Crippen LogP contribution in [0, 0.1) is 0 Å². The van der Waals surface area contributed by atoms with Gasteiger partial charge in [-0.25, -0.2) is 0 Å². The minimum atomic E-state index is -0.303. The van der Waals surface area contributed by atoms with Crippen molar-refractivity contribution in [3.8, 4) is 11.5 Å². The van der Waals surface area contributed by atoms with Gasteiger partial charge >= 0.3 is 0 Å². The SMILES string of the molecule is CCN(CC)CCNCc1cc(OC)c(OCC(=O)NC(C)(C)C)cc1Cl. The van der Waals surface area contributed by atoms with E-state index in [9.17, 15) is 4.79 Å². The van der Waals surface area contributed by atoms with Crippen LogP contribution >= 0.6 is 11.6 Å². The highest BCUT2D eigenvalue weighted by Gasteiger charge is 2.16. The summed E-state index contributed by atoms with van der Waals surface area (Å²) in [7, 11) is 1.57. The first-order chi connectivity index (χ1) is 12.7. The Balaban J connectivity index is 2.65. The molecule has 6 nitrogen and oxygen atoms in total. The Morgan fingerprint density at radius 1 is 1.19 bits per heavy atom. The molecule has 0 bridgehead atoms. The third kappa shape index (κ3) is 8.82. The smallest absolute Gasteiger partial charge is 0.258 e. The zero-order valence-electron chi connectivity index (χ0n) is 17.4. The summed E-state index contributed by atoms with van der Waals surface area (Å²) in [6.45, 7) is 14.6. The Kier molecular flexibility index (Phi) is 9.91. The second-order valence-corrected chi connectivity index (χ2v) is 7.79. The van der Waals surface area contributed by atoms with E-state index in [1.54, 1.807) is 13.2 Å². The van der Waals surface area contributed by atoms with Crippen molar-refractivity contribution in [2.24, 2.45) is 0 Å². The molecule has 0 radical (unpaired) electrons. The maximum absolute atomic E-state index is 11.9. The van der Waals surface area contributed by atoms with E-state index in [2.05, 4.69) is 29.4 Å². The maximum Gasteiger partial charge on any atom is 0.258 e. The number of nitrogens with one attached hydrogen (secondary N) is 2. The zero-order valence-corrected chi connectivity index (χ0v) is 18.2. The van der Waals surface area contributed by atoms with E-state index in [1.807, 2.05) is 26.8 Å². The van der Waals surface area contributed by atoms with Gasteiger partial charge in [0.2, 0.25) is 0 Å². The molecule has 0 saturated carbocycles. The van der Waals surface area contributed by atoms with Crippen molar-refractivity contribution < 1.29 is 14.3 Å². The number of carbonyl (C=O) groups excluding carboxylic acids is 1. The summed E-state index contributed by atoms with van der Waals surface area (Å²) in [5.74, 6) is 0.824. The lowest BCUT2D eigenvalue weighted by molar-refractivity contribution is -0.124. The molecule has 0 aromatic heterocycles. The first kappa shape index (κ1) is 23.5. The number of hydrogen-bond donors (Lipinski definition) is 2. The average molecular weight is 400 g/mol. The van der Waals surface area contributed by atoms with Gasteiger partial charge in [0.15, 0.2) is 18.1 Å². The van der Waals surface area contributed by atoms with E-state index in [4.69, 9.17) is 21.1 Å². The summed E-state index contributed by atoms with van der Waals surface area (Å²) in [6, 6.07) is 3.55. The Bertz CT molecular complexity index is 599. The Hall–Kier alpha value is -1.50. The van der Waals surface area contributed by atoms with Crippen LogP contribution < -0.4 is 20.1 Å². The van der Waals surface area contributed by atoms with Gasteiger partial charge in [-0.2, -0.15) is 0 Å². The van der Waals surface area contributed by atoms with Crippen molar-refractivity contribution >= 4 is 17.5 Å². The molecule has 1 aromatic carbocycles. The number of methoxy groups -OCH3 is 1. The molecule has 1 aromatic rings. The second-order valence-electron chi connectivity index (χ2n) is 7.38. The highest BCUT2D eigenvalue weighted by molar-refractivity contribution is 6.31. The van der Waals surface area contributed by atoms with Gasteiger partial charge in [-0.1, -0.05) is 25.4 Å². The molecular weight excluding hydrogens is 366 g/mol. The van der Waals surface area contributed by atoms with Crippen LogP contribution in [0.3, 0.4) is 0 Å². The molecule has 1 rings (SSSR count). The third-order valence-electron chi connectivity index (χ3n) is 4.02. The molecule has 0 unspecified atom stereocenters. The predicted octanol–water partition coefficient (Wildman–Crippen LogP) is 3.07. The van der Waals surface area contributed by atoms with Gasteiger partial charge in [0.05, 0.1) is 7.11 Å². The van der Waals surface area contributed by atoms with Crippen molar-refractivity contribution in [3.63, 3.8) is 0 Å². The Labute approximate surface area is 168 Å². The standard InChI is InChI=1S/C20H34ClN3O3/c1-7-24(8-2)10-9-22-13-15-11-17(26-6)18(12-16(15)21)27-14-19(25)23-20(3,4)5/h11-12,22H,7-10,13-14H2,1-6H3,(H,23,25). The molecule has 154 valence electrons. The third-order valence-corrected chi connectivity index (χ3v) is 4.37. The van der Waals surface area contributed by atoms with Gasteiger partial charge in [0.25, 0.3) is 5.91 Å². The van der Waals surface area contributed by atoms with Crippen LogP contribution in [0.5, 0.6) is 11.5 Å². The first-order valence-corrected chi connectivity index (χ1v) is 9.81. The molecule has 7 heteroatoms. The van der Waals surface area contributed by atoms with E-state index in [-0.39, 0.29) is 18.1 Å². The zero-order chi connectivity index (χ0) is 20.4. The lowest BCUT2D eigenvalue weighted by Crippen LogP contribution is -2.43. The minimum absolute atomic E-state index is 0.0918. The molecule has 27 heavy (non-hydrogen) atoms. The summed E-state index contributed by atoms with van der Waals surface area (Å²) in [4.78, 5) is 14.3. The van der Waals surface area contributed by atoms with Gasteiger partial charge in [0.1, 0.15) is 0 Å². The first-order valence-electron chi connectivity index (χ1n) is 9.43. The molecule has 0 aliphatic rings. The highest BCUT2D eigenvalue weighted by atomic mass is 35.5. The number of halogens is 1. The number of amides is 1. The lowest BCUT2D eigenvalue weighted by atomic mass is 10.1.